The van der Waals surface area contributed by atoms with Gasteiger partial charge in [0.05, 0.1) is 19.1 Å². The zero-order valence-electron chi connectivity index (χ0n) is 13.0. The maximum Gasteiger partial charge on any atom is 0.228 e. The van der Waals surface area contributed by atoms with Gasteiger partial charge in [0.15, 0.2) is 0 Å². The number of hydrogen-bond acceptors (Lipinski definition) is 3. The summed E-state index contributed by atoms with van der Waals surface area (Å²) in [6.07, 6.45) is 1.29. The molecule has 3 rings (SSSR count). The van der Waals surface area contributed by atoms with Gasteiger partial charge >= 0.3 is 0 Å². The number of carbonyl (C=O) groups excluding carboxylic acids is 2. The van der Waals surface area contributed by atoms with Gasteiger partial charge in [-0.05, 0) is 24.1 Å². The van der Waals surface area contributed by atoms with E-state index in [-0.39, 0.29) is 17.7 Å². The lowest BCUT2D eigenvalue weighted by atomic mass is 10.1. The van der Waals surface area contributed by atoms with Crippen LogP contribution in [0.2, 0.25) is 0 Å². The molecule has 1 aromatic carbocycles. The fourth-order valence-electron chi connectivity index (χ4n) is 3.08. The van der Waals surface area contributed by atoms with Crippen LogP contribution in [0.5, 0.6) is 0 Å². The molecule has 2 aliphatic heterocycles. The van der Waals surface area contributed by atoms with E-state index in [0.29, 0.717) is 39.3 Å². The monoisotopic (exact) mass is 302 g/mol. The van der Waals surface area contributed by atoms with Gasteiger partial charge in [-0.1, -0.05) is 19.1 Å². The number of hydrogen-bond donors (Lipinski definition) is 0. The molecule has 2 amide bonds. The highest BCUT2D eigenvalue weighted by atomic mass is 16.5. The Hall–Kier alpha value is -1.88. The van der Waals surface area contributed by atoms with E-state index in [1.807, 2.05) is 29.2 Å². The van der Waals surface area contributed by atoms with E-state index in [2.05, 4.69) is 6.92 Å². The molecule has 2 saturated heterocycles. The second kappa shape index (κ2) is 6.48. The Balaban J connectivity index is 1.68. The maximum absolute atomic E-state index is 12.5. The van der Waals surface area contributed by atoms with Gasteiger partial charge < -0.3 is 14.5 Å². The van der Waals surface area contributed by atoms with Crippen molar-refractivity contribution in [2.24, 2.45) is 5.92 Å². The highest BCUT2D eigenvalue weighted by Gasteiger charge is 2.37. The molecular formula is C17H22N2O3. The standard InChI is InChI=1S/C17H22N2O3/c1-2-13-3-5-15(6-4-13)19-12-14(11-16(19)20)17(21)18-7-9-22-10-8-18/h3-6,14H,2,7-12H2,1H3/t14-/m0/s1. The van der Waals surface area contributed by atoms with E-state index >= 15 is 0 Å². The Kier molecular flexibility index (Phi) is 4.43. The molecule has 118 valence electrons. The number of rotatable bonds is 3. The fourth-order valence-corrected chi connectivity index (χ4v) is 3.08. The molecule has 0 unspecified atom stereocenters. The molecule has 0 saturated carbocycles. The summed E-state index contributed by atoms with van der Waals surface area (Å²) in [5.41, 5.74) is 2.14. The van der Waals surface area contributed by atoms with Crippen LogP contribution in [0.25, 0.3) is 0 Å². The van der Waals surface area contributed by atoms with E-state index < -0.39 is 0 Å². The third-order valence-corrected chi connectivity index (χ3v) is 4.45. The predicted octanol–water partition coefficient (Wildman–Crippen LogP) is 1.46. The lowest BCUT2D eigenvalue weighted by Crippen LogP contribution is -2.44. The first kappa shape index (κ1) is 15.0. The molecule has 5 heteroatoms. The number of aryl methyl sites for hydroxylation is 1. The van der Waals surface area contributed by atoms with Crippen LogP contribution in [-0.4, -0.2) is 49.6 Å². The van der Waals surface area contributed by atoms with Crippen molar-refractivity contribution in [3.63, 3.8) is 0 Å². The number of ether oxygens (including phenoxy) is 1. The summed E-state index contributed by atoms with van der Waals surface area (Å²) in [6.45, 7) is 5.04. The Labute approximate surface area is 130 Å². The van der Waals surface area contributed by atoms with Crippen molar-refractivity contribution >= 4 is 17.5 Å². The van der Waals surface area contributed by atoms with Crippen molar-refractivity contribution < 1.29 is 14.3 Å². The first-order chi connectivity index (χ1) is 10.7. The zero-order valence-corrected chi connectivity index (χ0v) is 13.0. The summed E-state index contributed by atoms with van der Waals surface area (Å²) in [5.74, 6) is -0.100. The van der Waals surface area contributed by atoms with Gasteiger partial charge in [0.1, 0.15) is 0 Å². The quantitative estimate of drug-likeness (QED) is 0.849. The number of anilines is 1. The van der Waals surface area contributed by atoms with Crippen LogP contribution < -0.4 is 4.90 Å². The fraction of sp³-hybridized carbons (Fsp3) is 0.529. The third-order valence-electron chi connectivity index (χ3n) is 4.45. The molecule has 0 radical (unpaired) electrons. The summed E-state index contributed by atoms with van der Waals surface area (Å²) in [6, 6.07) is 8.02. The lowest BCUT2D eigenvalue weighted by molar-refractivity contribution is -0.139. The van der Waals surface area contributed by atoms with E-state index in [4.69, 9.17) is 4.74 Å². The number of morpholine rings is 1. The van der Waals surface area contributed by atoms with E-state index in [1.165, 1.54) is 5.56 Å². The number of benzene rings is 1. The summed E-state index contributed by atoms with van der Waals surface area (Å²) in [5, 5.41) is 0. The number of amides is 2. The van der Waals surface area contributed by atoms with Crippen LogP contribution in [-0.2, 0) is 20.7 Å². The minimum Gasteiger partial charge on any atom is -0.378 e. The van der Waals surface area contributed by atoms with Crippen molar-refractivity contribution in [3.8, 4) is 0 Å². The van der Waals surface area contributed by atoms with Gasteiger partial charge in [-0.3, -0.25) is 9.59 Å². The van der Waals surface area contributed by atoms with Gasteiger partial charge in [0.25, 0.3) is 0 Å². The topological polar surface area (TPSA) is 49.9 Å². The minimum atomic E-state index is -0.226. The normalized spacial score (nSPS) is 22.2. The molecule has 1 aromatic rings. The van der Waals surface area contributed by atoms with E-state index in [9.17, 15) is 9.59 Å². The predicted molar refractivity (Wildman–Crippen MR) is 83.7 cm³/mol. The molecule has 0 bridgehead atoms. The first-order valence-electron chi connectivity index (χ1n) is 7.95. The number of nitrogens with zero attached hydrogens (tertiary/aromatic N) is 2. The largest absolute Gasteiger partial charge is 0.378 e. The van der Waals surface area contributed by atoms with E-state index in [1.54, 1.807) is 4.90 Å². The van der Waals surface area contributed by atoms with Crippen molar-refractivity contribution in [2.45, 2.75) is 19.8 Å². The average Bonchev–Trinajstić information content (AvgIpc) is 2.97. The third kappa shape index (κ3) is 2.99. The first-order valence-corrected chi connectivity index (χ1v) is 7.95. The van der Waals surface area contributed by atoms with Gasteiger partial charge in [-0.25, -0.2) is 0 Å². The molecule has 2 fully saturated rings. The van der Waals surface area contributed by atoms with Crippen molar-refractivity contribution in [1.29, 1.82) is 0 Å². The smallest absolute Gasteiger partial charge is 0.228 e. The van der Waals surface area contributed by atoms with E-state index in [0.717, 1.165) is 12.1 Å². The second-order valence-corrected chi connectivity index (χ2v) is 5.86. The molecule has 0 aromatic heterocycles. The summed E-state index contributed by atoms with van der Waals surface area (Å²) in [4.78, 5) is 28.3. The van der Waals surface area contributed by atoms with Gasteiger partial charge in [-0.15, -0.1) is 0 Å². The van der Waals surface area contributed by atoms with Gasteiger partial charge in [0.2, 0.25) is 11.8 Å². The van der Waals surface area contributed by atoms with Crippen LogP contribution in [0.3, 0.4) is 0 Å². The van der Waals surface area contributed by atoms with Crippen LogP contribution in [0.1, 0.15) is 18.9 Å². The van der Waals surface area contributed by atoms with Crippen LogP contribution in [0.15, 0.2) is 24.3 Å². The Morgan fingerprint density at radius 1 is 1.23 bits per heavy atom. The summed E-state index contributed by atoms with van der Waals surface area (Å²) in [7, 11) is 0. The highest BCUT2D eigenvalue weighted by molar-refractivity contribution is 6.00. The molecule has 5 nitrogen and oxygen atoms in total. The molecule has 22 heavy (non-hydrogen) atoms. The Morgan fingerprint density at radius 2 is 1.91 bits per heavy atom. The Morgan fingerprint density at radius 3 is 2.55 bits per heavy atom. The summed E-state index contributed by atoms with van der Waals surface area (Å²) < 4.78 is 5.27. The number of carbonyl (C=O) groups is 2. The van der Waals surface area contributed by atoms with Crippen molar-refractivity contribution in [3.05, 3.63) is 29.8 Å². The SMILES string of the molecule is CCc1ccc(N2C[C@@H](C(=O)N3CCOCC3)CC2=O)cc1. The van der Waals surface area contributed by atoms with Crippen LogP contribution in [0.4, 0.5) is 5.69 Å². The molecule has 2 aliphatic rings. The molecule has 0 spiro atoms. The highest BCUT2D eigenvalue weighted by Crippen LogP contribution is 2.27. The molecule has 0 N–H and O–H groups in total. The second-order valence-electron chi connectivity index (χ2n) is 5.86. The molecule has 0 aliphatic carbocycles. The van der Waals surface area contributed by atoms with Gasteiger partial charge in [0, 0.05) is 31.7 Å². The van der Waals surface area contributed by atoms with Gasteiger partial charge in [-0.2, -0.15) is 0 Å². The minimum absolute atomic E-state index is 0.0378. The van der Waals surface area contributed by atoms with Crippen molar-refractivity contribution in [1.82, 2.24) is 4.90 Å². The van der Waals surface area contributed by atoms with Crippen LogP contribution in [0, 0.1) is 5.92 Å². The molecular weight excluding hydrogens is 280 g/mol. The summed E-state index contributed by atoms with van der Waals surface area (Å²) >= 11 is 0. The van der Waals surface area contributed by atoms with Crippen LogP contribution >= 0.6 is 0 Å². The average molecular weight is 302 g/mol. The lowest BCUT2D eigenvalue weighted by Gasteiger charge is -2.29. The molecule has 2 heterocycles. The maximum atomic E-state index is 12.5. The Bertz CT molecular complexity index is 550. The zero-order chi connectivity index (χ0) is 15.5. The van der Waals surface area contributed by atoms with Crippen molar-refractivity contribution in [2.75, 3.05) is 37.7 Å². The molecule has 1 atom stereocenters.